The molecule has 0 unspecified atom stereocenters. The molecule has 0 fully saturated rings. The topological polar surface area (TPSA) is 9.23 Å². The van der Waals surface area contributed by atoms with E-state index in [-0.39, 0.29) is 11.7 Å². The highest BCUT2D eigenvalue weighted by Gasteiger charge is 2.31. The average molecular weight is 203 g/mol. The number of hydrogen-bond acceptors (Lipinski definition) is 1. The van der Waals surface area contributed by atoms with Crippen molar-refractivity contribution >= 4 is 0 Å². The van der Waals surface area contributed by atoms with Crippen LogP contribution >= 0.6 is 0 Å². The minimum absolute atomic E-state index is 0.156. The predicted octanol–water partition coefficient (Wildman–Crippen LogP) is 3.51. The molecule has 1 radical (unpaired) electrons. The number of hydrogen-bond donors (Lipinski definition) is 0. The van der Waals surface area contributed by atoms with Gasteiger partial charge in [0.1, 0.15) is 5.75 Å². The van der Waals surface area contributed by atoms with Crippen LogP contribution in [-0.4, -0.2) is 6.36 Å². The van der Waals surface area contributed by atoms with E-state index < -0.39 is 6.36 Å². The first kappa shape index (κ1) is 10.9. The molecule has 0 N–H and O–H groups in total. The fraction of sp³-hybridized carbons (Fsp3) is 0.400. The summed E-state index contributed by atoms with van der Waals surface area (Å²) in [6, 6.07) is 6.79. The first-order chi connectivity index (χ1) is 6.38. The third-order valence-corrected chi connectivity index (χ3v) is 1.68. The van der Waals surface area contributed by atoms with E-state index >= 15 is 0 Å². The first-order valence-electron chi connectivity index (χ1n) is 4.15. The van der Waals surface area contributed by atoms with Crippen LogP contribution in [0, 0.1) is 6.07 Å². The van der Waals surface area contributed by atoms with Crippen molar-refractivity contribution in [2.75, 3.05) is 0 Å². The highest BCUT2D eigenvalue weighted by atomic mass is 19.4. The highest BCUT2D eigenvalue weighted by molar-refractivity contribution is 5.29. The molecule has 0 aliphatic carbocycles. The lowest BCUT2D eigenvalue weighted by Crippen LogP contribution is -2.17. The van der Waals surface area contributed by atoms with Gasteiger partial charge in [-0.15, -0.1) is 13.2 Å². The SMILES string of the molecule is CC(C)c1c[c]cc(OC(F)(F)F)c1. The monoisotopic (exact) mass is 203 g/mol. The molecule has 0 aliphatic rings. The van der Waals surface area contributed by atoms with Gasteiger partial charge in [-0.3, -0.25) is 0 Å². The van der Waals surface area contributed by atoms with Gasteiger partial charge in [-0.05, 0) is 29.7 Å². The van der Waals surface area contributed by atoms with Gasteiger partial charge in [0.25, 0.3) is 0 Å². The smallest absolute Gasteiger partial charge is 0.406 e. The van der Waals surface area contributed by atoms with Gasteiger partial charge in [0.2, 0.25) is 0 Å². The molecule has 0 aromatic heterocycles. The largest absolute Gasteiger partial charge is 0.573 e. The van der Waals surface area contributed by atoms with Crippen LogP contribution in [0.5, 0.6) is 5.75 Å². The normalized spacial score (nSPS) is 11.9. The maximum Gasteiger partial charge on any atom is 0.573 e. The van der Waals surface area contributed by atoms with Crippen molar-refractivity contribution < 1.29 is 17.9 Å². The van der Waals surface area contributed by atoms with Crippen molar-refractivity contribution in [2.45, 2.75) is 26.1 Å². The molecule has 0 aliphatic heterocycles. The summed E-state index contributed by atoms with van der Waals surface area (Å²) in [7, 11) is 0. The van der Waals surface area contributed by atoms with Crippen molar-refractivity contribution in [1.29, 1.82) is 0 Å². The Hall–Kier alpha value is -1.19. The molecule has 0 amide bonds. The Morgan fingerprint density at radius 3 is 2.43 bits per heavy atom. The quantitative estimate of drug-likeness (QED) is 0.714. The minimum Gasteiger partial charge on any atom is -0.406 e. The van der Waals surface area contributed by atoms with E-state index in [9.17, 15) is 13.2 Å². The molecule has 77 valence electrons. The van der Waals surface area contributed by atoms with Crippen molar-refractivity contribution in [1.82, 2.24) is 0 Å². The maximum absolute atomic E-state index is 11.8. The summed E-state index contributed by atoms with van der Waals surface area (Å²) >= 11 is 0. The highest BCUT2D eigenvalue weighted by Crippen LogP contribution is 2.25. The molecule has 1 rings (SSSR count). The van der Waals surface area contributed by atoms with E-state index in [1.165, 1.54) is 12.1 Å². The summed E-state index contributed by atoms with van der Waals surface area (Å²) in [4.78, 5) is 0. The molecule has 0 heterocycles. The van der Waals surface area contributed by atoms with E-state index in [1.54, 1.807) is 6.07 Å². The molecule has 0 saturated carbocycles. The second-order valence-corrected chi connectivity index (χ2v) is 3.20. The molecule has 1 nitrogen and oxygen atoms in total. The zero-order chi connectivity index (χ0) is 10.8. The van der Waals surface area contributed by atoms with Crippen LogP contribution in [0.15, 0.2) is 18.2 Å². The standard InChI is InChI=1S/C10H10F3O/c1-7(2)8-4-3-5-9(6-8)14-10(11,12)13/h4-7H,1-2H3. The number of halogens is 3. The Balaban J connectivity index is 2.84. The van der Waals surface area contributed by atoms with Gasteiger partial charge in [-0.2, -0.15) is 0 Å². The van der Waals surface area contributed by atoms with E-state index in [4.69, 9.17) is 0 Å². The van der Waals surface area contributed by atoms with Gasteiger partial charge in [0.15, 0.2) is 0 Å². The van der Waals surface area contributed by atoms with Gasteiger partial charge < -0.3 is 4.74 Å². The van der Waals surface area contributed by atoms with Gasteiger partial charge >= 0.3 is 6.36 Å². The molecule has 0 spiro atoms. The second kappa shape index (κ2) is 3.90. The number of ether oxygens (including phenoxy) is 1. The van der Waals surface area contributed by atoms with Crippen LogP contribution in [0.4, 0.5) is 13.2 Å². The molecule has 0 bridgehead atoms. The number of rotatable bonds is 2. The lowest BCUT2D eigenvalue weighted by atomic mass is 10.0. The fourth-order valence-electron chi connectivity index (χ4n) is 0.994. The van der Waals surface area contributed by atoms with Gasteiger partial charge in [-0.1, -0.05) is 19.9 Å². The summed E-state index contributed by atoms with van der Waals surface area (Å²) in [6.07, 6.45) is -4.64. The summed E-state index contributed by atoms with van der Waals surface area (Å²) in [6.45, 7) is 3.78. The van der Waals surface area contributed by atoms with Gasteiger partial charge in [-0.25, -0.2) is 0 Å². The molecule has 14 heavy (non-hydrogen) atoms. The molecule has 4 heteroatoms. The van der Waals surface area contributed by atoms with Crippen molar-refractivity contribution in [3.63, 3.8) is 0 Å². The van der Waals surface area contributed by atoms with E-state index in [1.807, 2.05) is 13.8 Å². The van der Waals surface area contributed by atoms with E-state index in [0.29, 0.717) is 0 Å². The Labute approximate surface area is 80.5 Å². The lowest BCUT2D eigenvalue weighted by molar-refractivity contribution is -0.274. The first-order valence-corrected chi connectivity index (χ1v) is 4.15. The number of alkyl halides is 3. The van der Waals surface area contributed by atoms with Gasteiger partial charge in [0.05, 0.1) is 0 Å². The molecule has 1 aromatic rings. The molecule has 1 aromatic carbocycles. The van der Waals surface area contributed by atoms with Crippen LogP contribution in [0.3, 0.4) is 0 Å². The van der Waals surface area contributed by atoms with Crippen molar-refractivity contribution in [3.05, 3.63) is 29.8 Å². The Kier molecular flexibility index (Phi) is 3.03. The fourth-order valence-corrected chi connectivity index (χ4v) is 0.994. The second-order valence-electron chi connectivity index (χ2n) is 3.20. The summed E-state index contributed by atoms with van der Waals surface area (Å²) in [5.74, 6) is -0.0632. The third-order valence-electron chi connectivity index (χ3n) is 1.68. The van der Waals surface area contributed by atoms with E-state index in [0.717, 1.165) is 5.56 Å². The van der Waals surface area contributed by atoms with E-state index in [2.05, 4.69) is 10.8 Å². The summed E-state index contributed by atoms with van der Waals surface area (Å²) < 4.78 is 39.3. The molecule has 0 atom stereocenters. The predicted molar refractivity (Wildman–Crippen MR) is 46.1 cm³/mol. The zero-order valence-corrected chi connectivity index (χ0v) is 7.85. The van der Waals surface area contributed by atoms with Crippen LogP contribution in [0.25, 0.3) is 0 Å². The van der Waals surface area contributed by atoms with Crippen molar-refractivity contribution in [2.24, 2.45) is 0 Å². The molecule has 0 saturated heterocycles. The third kappa shape index (κ3) is 3.28. The summed E-state index contributed by atoms with van der Waals surface area (Å²) in [5, 5.41) is 0. The summed E-state index contributed by atoms with van der Waals surface area (Å²) in [5.41, 5.74) is 0.770. The molecular weight excluding hydrogens is 193 g/mol. The van der Waals surface area contributed by atoms with Gasteiger partial charge in [0, 0.05) is 0 Å². The zero-order valence-electron chi connectivity index (χ0n) is 7.85. The average Bonchev–Trinajstić information content (AvgIpc) is 2.01. The lowest BCUT2D eigenvalue weighted by Gasteiger charge is -2.11. The molecular formula is C10H10F3O. The van der Waals surface area contributed by atoms with Crippen LogP contribution in [0.1, 0.15) is 25.3 Å². The van der Waals surface area contributed by atoms with Crippen LogP contribution in [-0.2, 0) is 0 Å². The Bertz CT molecular complexity index is 304. The van der Waals surface area contributed by atoms with Crippen LogP contribution < -0.4 is 4.74 Å². The Morgan fingerprint density at radius 1 is 1.29 bits per heavy atom. The maximum atomic E-state index is 11.8. The number of benzene rings is 1. The minimum atomic E-state index is -4.64. The van der Waals surface area contributed by atoms with Crippen molar-refractivity contribution in [3.8, 4) is 5.75 Å². The van der Waals surface area contributed by atoms with Crippen LogP contribution in [0.2, 0.25) is 0 Å². The Morgan fingerprint density at radius 2 is 1.93 bits per heavy atom.